The van der Waals surface area contributed by atoms with Crippen LogP contribution >= 0.6 is 0 Å². The maximum absolute atomic E-state index is 13.8. The summed E-state index contributed by atoms with van der Waals surface area (Å²) in [7, 11) is 3.42. The number of hydrogen-bond donors (Lipinski definition) is 4. The lowest BCUT2D eigenvalue weighted by molar-refractivity contribution is -0.109. The van der Waals surface area contributed by atoms with Gasteiger partial charge in [-0.2, -0.15) is 0 Å². The predicted octanol–water partition coefficient (Wildman–Crippen LogP) is 5.56. The number of rotatable bonds is 13. The van der Waals surface area contributed by atoms with Crippen molar-refractivity contribution in [1.29, 1.82) is 0 Å². The van der Waals surface area contributed by atoms with Crippen molar-refractivity contribution in [2.24, 2.45) is 4.99 Å². The van der Waals surface area contributed by atoms with Crippen molar-refractivity contribution in [2.45, 2.75) is 27.2 Å². The average Bonchev–Trinajstić information content (AvgIpc) is 3.37. The molecule has 4 N–H and O–H groups in total. The Kier molecular flexibility index (Phi) is 14.1. The molecule has 1 heterocycles. The van der Waals surface area contributed by atoms with Crippen LogP contribution in [-0.4, -0.2) is 43.9 Å². The molecule has 8 nitrogen and oxygen atoms in total. The average molecular weight is 585 g/mol. The van der Waals surface area contributed by atoms with Crippen LogP contribution in [0.3, 0.4) is 0 Å². The van der Waals surface area contributed by atoms with Gasteiger partial charge in [0.05, 0.1) is 5.52 Å². The molecule has 0 radical (unpaired) electrons. The van der Waals surface area contributed by atoms with Crippen molar-refractivity contribution in [2.75, 3.05) is 20.6 Å². The quantitative estimate of drug-likeness (QED) is 0.0915. The number of nitrogens with one attached hydrogen (secondary N) is 4. The summed E-state index contributed by atoms with van der Waals surface area (Å²) in [5.74, 6) is 0.392. The van der Waals surface area contributed by atoms with E-state index in [1.807, 2.05) is 87.1 Å². The van der Waals surface area contributed by atoms with Crippen LogP contribution in [0.5, 0.6) is 0 Å². The van der Waals surface area contributed by atoms with Crippen molar-refractivity contribution < 1.29 is 14.0 Å². The molecule has 0 saturated heterocycles. The van der Waals surface area contributed by atoms with Gasteiger partial charge >= 0.3 is 0 Å². The van der Waals surface area contributed by atoms with Gasteiger partial charge in [-0.05, 0) is 81.9 Å². The molecule has 0 unspecified atom stereocenters. The number of fused-ring (bicyclic) bond motifs is 1. The number of aryl methyl sites for hydroxylation is 1. The van der Waals surface area contributed by atoms with Crippen LogP contribution in [0.4, 0.5) is 4.39 Å². The zero-order valence-corrected chi connectivity index (χ0v) is 25.5. The highest BCUT2D eigenvalue weighted by molar-refractivity contribution is 6.02. The Morgan fingerprint density at radius 1 is 1.02 bits per heavy atom. The van der Waals surface area contributed by atoms with Gasteiger partial charge in [0.15, 0.2) is 0 Å². The molecule has 2 aromatic carbocycles. The molecule has 2 amide bonds. The topological polar surface area (TPSA) is 99.5 Å². The van der Waals surface area contributed by atoms with E-state index in [-0.39, 0.29) is 5.82 Å². The zero-order valence-electron chi connectivity index (χ0n) is 25.5. The third kappa shape index (κ3) is 11.4. The van der Waals surface area contributed by atoms with Crippen molar-refractivity contribution >= 4 is 35.3 Å². The molecule has 43 heavy (non-hydrogen) atoms. The fourth-order valence-corrected chi connectivity index (χ4v) is 4.15. The van der Waals surface area contributed by atoms with Crippen LogP contribution in [-0.2, 0) is 9.59 Å². The largest absolute Gasteiger partial charge is 0.362 e. The van der Waals surface area contributed by atoms with Crippen LogP contribution in [0, 0.1) is 12.7 Å². The molecule has 0 atom stereocenters. The van der Waals surface area contributed by atoms with Crippen LogP contribution in [0.25, 0.3) is 16.6 Å². The fraction of sp³-hybridized carbons (Fsp3) is 0.206. The number of carbonyl (C=O) groups excluding carboxylic acids is 2. The van der Waals surface area contributed by atoms with Gasteiger partial charge in [0, 0.05) is 54.4 Å². The Balaban J connectivity index is 0.00000151. The second kappa shape index (κ2) is 17.7. The molecule has 0 aliphatic rings. The molecule has 226 valence electrons. The molecule has 0 aliphatic heterocycles. The van der Waals surface area contributed by atoms with Gasteiger partial charge in [-0.3, -0.25) is 9.59 Å². The first-order valence-corrected chi connectivity index (χ1v) is 13.7. The molecule has 3 rings (SSSR count). The van der Waals surface area contributed by atoms with Gasteiger partial charge in [0.1, 0.15) is 11.7 Å². The first kappa shape index (κ1) is 34.2. The van der Waals surface area contributed by atoms with Gasteiger partial charge in [-0.15, -0.1) is 0 Å². The van der Waals surface area contributed by atoms with Gasteiger partial charge < -0.3 is 25.8 Å². The Hall–Kier alpha value is -5.02. The number of nitrogens with zero attached hydrogens (tertiary/aromatic N) is 2. The number of halogens is 1. The summed E-state index contributed by atoms with van der Waals surface area (Å²) in [6.45, 7) is 14.5. The van der Waals surface area contributed by atoms with Crippen LogP contribution in [0.1, 0.15) is 31.4 Å². The Morgan fingerprint density at radius 2 is 1.77 bits per heavy atom. The lowest BCUT2D eigenvalue weighted by atomic mass is 10.1. The van der Waals surface area contributed by atoms with Gasteiger partial charge in [-0.1, -0.05) is 42.5 Å². The lowest BCUT2D eigenvalue weighted by Gasteiger charge is -2.15. The number of allylic oxidation sites excluding steroid dienone is 5. The first-order chi connectivity index (χ1) is 20.6. The summed E-state index contributed by atoms with van der Waals surface area (Å²) in [6, 6.07) is 14.5. The molecule has 1 aromatic heterocycles. The molecule has 0 spiro atoms. The van der Waals surface area contributed by atoms with Crippen LogP contribution in [0.2, 0.25) is 0 Å². The third-order valence-corrected chi connectivity index (χ3v) is 5.89. The summed E-state index contributed by atoms with van der Waals surface area (Å²) >= 11 is 0. The van der Waals surface area contributed by atoms with E-state index in [0.717, 1.165) is 39.0 Å². The third-order valence-electron chi connectivity index (χ3n) is 5.89. The normalized spacial score (nSPS) is 12.2. The number of benzene rings is 2. The first-order valence-electron chi connectivity index (χ1n) is 13.7. The molecule has 0 bridgehead atoms. The molecule has 0 fully saturated rings. The van der Waals surface area contributed by atoms with E-state index in [9.17, 15) is 9.18 Å². The van der Waals surface area contributed by atoms with E-state index in [4.69, 9.17) is 4.79 Å². The highest BCUT2D eigenvalue weighted by Gasteiger charge is 2.09. The monoisotopic (exact) mass is 584 g/mol. The van der Waals surface area contributed by atoms with E-state index >= 15 is 0 Å². The number of aromatic nitrogens is 1. The van der Waals surface area contributed by atoms with Gasteiger partial charge in [0.25, 0.3) is 0 Å². The van der Waals surface area contributed by atoms with Crippen molar-refractivity contribution in [3.8, 4) is 0 Å². The molecule has 0 saturated carbocycles. The second-order valence-corrected chi connectivity index (χ2v) is 9.83. The van der Waals surface area contributed by atoms with E-state index in [2.05, 4.69) is 39.4 Å². The number of hydrogen-bond acceptors (Lipinski definition) is 5. The minimum Gasteiger partial charge on any atom is -0.362 e. The highest BCUT2D eigenvalue weighted by atomic mass is 19.1. The maximum Gasteiger partial charge on any atom is 0.211 e. The Morgan fingerprint density at radius 3 is 2.40 bits per heavy atom. The number of carbonyl (C=O) groups is 2. The molecule has 0 aliphatic carbocycles. The standard InChI is InChI=1S/C32H36FN5O.C2H5NO/c1-22(2)36-32(38-15-14-27-19-28(33)10-13-31(27)38)18-24(4)17-29(37-25(5)20-34-6)11-12-30(35-21-39)26-9-7-8-23(3)16-26;1-3-2-4/h7-16,18-19,21,34,37H,1,5,17,20H2,2-4,6H3,(H,35,39);2H,1H3,(H,3,4)/b24-18+,29-11+,30-12-,36-32?;. The summed E-state index contributed by atoms with van der Waals surface area (Å²) in [5.41, 5.74) is 6.90. The van der Waals surface area contributed by atoms with Gasteiger partial charge in [-0.25, -0.2) is 9.38 Å². The Labute approximate surface area is 253 Å². The minimum atomic E-state index is -0.282. The van der Waals surface area contributed by atoms with Crippen molar-refractivity contribution in [3.63, 3.8) is 0 Å². The van der Waals surface area contributed by atoms with Crippen LogP contribution < -0.4 is 21.3 Å². The molecule has 3 aromatic rings. The lowest BCUT2D eigenvalue weighted by Crippen LogP contribution is -2.22. The Bertz CT molecular complexity index is 1560. The van der Waals surface area contributed by atoms with Crippen LogP contribution in [0.15, 0.2) is 114 Å². The maximum atomic E-state index is 13.8. The second-order valence-electron chi connectivity index (χ2n) is 9.83. The van der Waals surface area contributed by atoms with Crippen molar-refractivity contribution in [1.82, 2.24) is 25.8 Å². The number of aliphatic imine (C=N–C) groups is 1. The molecule has 9 heteroatoms. The molecular weight excluding hydrogens is 543 g/mol. The predicted molar refractivity (Wildman–Crippen MR) is 176 cm³/mol. The number of amides is 2. The minimum absolute atomic E-state index is 0.282. The number of likely N-dealkylation sites (N-methyl/N-ethyl adjacent to an activating group) is 1. The van der Waals surface area contributed by atoms with Crippen molar-refractivity contribution in [3.05, 3.63) is 126 Å². The molecular formula is C34H41FN6O2. The summed E-state index contributed by atoms with van der Waals surface area (Å²) in [5, 5.41) is 12.3. The zero-order chi connectivity index (χ0) is 31.8. The highest BCUT2D eigenvalue weighted by Crippen LogP contribution is 2.20. The summed E-state index contributed by atoms with van der Waals surface area (Å²) in [6.07, 6.45) is 9.54. The fourth-order valence-electron chi connectivity index (χ4n) is 4.15. The van der Waals surface area contributed by atoms with E-state index < -0.39 is 0 Å². The summed E-state index contributed by atoms with van der Waals surface area (Å²) < 4.78 is 15.7. The van der Waals surface area contributed by atoms with E-state index in [0.29, 0.717) is 43.0 Å². The smallest absolute Gasteiger partial charge is 0.211 e. The SMILES string of the molecule is C=C(C)N=C(/C=C(\C)C/C(=C\C=C(/NC=O)c1cccc(C)c1)NC(=C)CNC)n1ccc2cc(F)ccc21.CNC=O. The summed E-state index contributed by atoms with van der Waals surface area (Å²) in [4.78, 5) is 25.1. The van der Waals surface area contributed by atoms with E-state index in [1.54, 1.807) is 13.1 Å². The van der Waals surface area contributed by atoms with E-state index in [1.165, 1.54) is 12.1 Å². The van der Waals surface area contributed by atoms with Gasteiger partial charge in [0.2, 0.25) is 12.8 Å².